The second-order valence-electron chi connectivity index (χ2n) is 10.6. The number of rotatable bonds is 6. The van der Waals surface area contributed by atoms with Gasteiger partial charge in [0.1, 0.15) is 0 Å². The molecule has 2 aliphatic heterocycles. The molecule has 0 N–H and O–H groups in total. The minimum absolute atomic E-state index is 0.722. The quantitative estimate of drug-likeness (QED) is 0.727. The van der Waals surface area contributed by atoms with Gasteiger partial charge in [0.15, 0.2) is 0 Å². The summed E-state index contributed by atoms with van der Waals surface area (Å²) in [5.74, 6) is 2.88. The molecule has 4 rings (SSSR count). The van der Waals surface area contributed by atoms with Crippen molar-refractivity contribution in [3.05, 3.63) is 0 Å². The fourth-order valence-electron chi connectivity index (χ4n) is 6.36. The molecule has 2 saturated heterocycles. The lowest BCUT2D eigenvalue weighted by molar-refractivity contribution is 0.0750. The molecule has 144 valence electrons. The molecule has 0 bridgehead atoms. The van der Waals surface area contributed by atoms with Crippen LogP contribution < -0.4 is 0 Å². The van der Waals surface area contributed by atoms with E-state index in [0.717, 1.165) is 35.3 Å². The minimum atomic E-state index is 0.722. The molecule has 2 saturated carbocycles. The van der Waals surface area contributed by atoms with Crippen molar-refractivity contribution in [3.8, 4) is 0 Å². The normalized spacial score (nSPS) is 36.5. The standard InChI is InChI=1S/C22H41N3/c1-17(2)13-22(5-6-22)16-23-14-19-11-21(12-20(19)15-23)25-9-7-24(8-10-25)18(3)4/h17-21H,5-16H2,1-4H3/t19-,20+,21?. The van der Waals surface area contributed by atoms with Crippen molar-refractivity contribution in [2.24, 2.45) is 23.2 Å². The zero-order valence-corrected chi connectivity index (χ0v) is 17.2. The van der Waals surface area contributed by atoms with Gasteiger partial charge >= 0.3 is 0 Å². The molecule has 0 amide bonds. The van der Waals surface area contributed by atoms with Gasteiger partial charge in [-0.25, -0.2) is 0 Å². The summed E-state index contributed by atoms with van der Waals surface area (Å²) in [5, 5.41) is 0. The fraction of sp³-hybridized carbons (Fsp3) is 1.00. The molecule has 3 heteroatoms. The Morgan fingerprint density at radius 1 is 0.880 bits per heavy atom. The van der Waals surface area contributed by atoms with E-state index in [1.807, 2.05) is 0 Å². The van der Waals surface area contributed by atoms with Crippen molar-refractivity contribution in [2.45, 2.75) is 71.9 Å². The third-order valence-corrected chi connectivity index (χ3v) is 7.75. The van der Waals surface area contributed by atoms with E-state index in [0.29, 0.717) is 0 Å². The number of hydrogen-bond donors (Lipinski definition) is 0. The first-order valence-electron chi connectivity index (χ1n) is 11.1. The summed E-state index contributed by atoms with van der Waals surface area (Å²) < 4.78 is 0. The first-order chi connectivity index (χ1) is 11.9. The number of piperazine rings is 1. The predicted molar refractivity (Wildman–Crippen MR) is 106 cm³/mol. The van der Waals surface area contributed by atoms with Crippen LogP contribution in [0.4, 0.5) is 0 Å². The van der Waals surface area contributed by atoms with Crippen molar-refractivity contribution in [1.82, 2.24) is 14.7 Å². The summed E-state index contributed by atoms with van der Waals surface area (Å²) in [6.45, 7) is 18.9. The van der Waals surface area contributed by atoms with Gasteiger partial charge in [0, 0.05) is 57.9 Å². The second kappa shape index (κ2) is 7.13. The van der Waals surface area contributed by atoms with E-state index >= 15 is 0 Å². The Kier molecular flexibility index (Phi) is 5.20. The third kappa shape index (κ3) is 4.09. The Hall–Kier alpha value is -0.120. The molecular formula is C22H41N3. The fourth-order valence-corrected chi connectivity index (χ4v) is 6.36. The smallest absolute Gasteiger partial charge is 0.0113 e. The first kappa shape index (κ1) is 18.3. The SMILES string of the molecule is CC(C)CC1(CN2C[C@H]3CC(N4CCN(C(C)C)CC4)C[C@H]3C2)CC1. The second-order valence-corrected chi connectivity index (χ2v) is 10.6. The molecule has 2 heterocycles. The summed E-state index contributed by atoms with van der Waals surface area (Å²) in [7, 11) is 0. The number of fused-ring (bicyclic) bond motifs is 1. The van der Waals surface area contributed by atoms with Crippen LogP contribution in [-0.4, -0.2) is 72.6 Å². The predicted octanol–water partition coefficient (Wildman–Crippen LogP) is 3.55. The Bertz CT molecular complexity index is 434. The summed E-state index contributed by atoms with van der Waals surface area (Å²) in [6.07, 6.45) is 7.43. The highest BCUT2D eigenvalue weighted by molar-refractivity contribution is 5.01. The number of likely N-dealkylation sites (tertiary alicyclic amines) is 1. The van der Waals surface area contributed by atoms with Crippen LogP contribution in [0.1, 0.15) is 59.8 Å². The molecule has 0 radical (unpaired) electrons. The monoisotopic (exact) mass is 347 g/mol. The van der Waals surface area contributed by atoms with Crippen molar-refractivity contribution in [2.75, 3.05) is 45.8 Å². The van der Waals surface area contributed by atoms with Crippen molar-refractivity contribution < 1.29 is 0 Å². The third-order valence-electron chi connectivity index (χ3n) is 7.75. The van der Waals surface area contributed by atoms with Gasteiger partial charge in [-0.1, -0.05) is 13.8 Å². The summed E-state index contributed by atoms with van der Waals surface area (Å²) in [6, 6.07) is 1.62. The highest BCUT2D eigenvalue weighted by atomic mass is 15.3. The molecule has 0 aromatic rings. The maximum absolute atomic E-state index is 2.86. The molecule has 2 aliphatic carbocycles. The van der Waals surface area contributed by atoms with Gasteiger partial charge in [-0.2, -0.15) is 0 Å². The van der Waals surface area contributed by atoms with Gasteiger partial charge in [0.05, 0.1) is 0 Å². The van der Waals surface area contributed by atoms with Gasteiger partial charge < -0.3 is 4.90 Å². The summed E-state index contributed by atoms with van der Waals surface area (Å²) in [5.41, 5.74) is 0.722. The lowest BCUT2D eigenvalue weighted by Crippen LogP contribution is -2.51. The van der Waals surface area contributed by atoms with Gasteiger partial charge in [0.25, 0.3) is 0 Å². The Morgan fingerprint density at radius 2 is 1.48 bits per heavy atom. The zero-order valence-electron chi connectivity index (χ0n) is 17.2. The van der Waals surface area contributed by atoms with E-state index in [1.54, 1.807) is 0 Å². The van der Waals surface area contributed by atoms with Crippen LogP contribution in [0.15, 0.2) is 0 Å². The van der Waals surface area contributed by atoms with E-state index in [1.165, 1.54) is 77.9 Å². The van der Waals surface area contributed by atoms with E-state index in [9.17, 15) is 0 Å². The lowest BCUT2D eigenvalue weighted by Gasteiger charge is -2.40. The highest BCUT2D eigenvalue weighted by Gasteiger charge is 2.48. The number of nitrogens with zero attached hydrogens (tertiary/aromatic N) is 3. The van der Waals surface area contributed by atoms with E-state index in [4.69, 9.17) is 0 Å². The van der Waals surface area contributed by atoms with Crippen molar-refractivity contribution >= 4 is 0 Å². The first-order valence-corrected chi connectivity index (χ1v) is 11.1. The van der Waals surface area contributed by atoms with Crippen LogP contribution >= 0.6 is 0 Å². The largest absolute Gasteiger partial charge is 0.302 e. The van der Waals surface area contributed by atoms with Crippen LogP contribution in [0.5, 0.6) is 0 Å². The molecule has 0 aromatic carbocycles. The molecule has 1 unspecified atom stereocenters. The highest BCUT2D eigenvalue weighted by Crippen LogP contribution is 2.52. The Morgan fingerprint density at radius 3 is 1.96 bits per heavy atom. The van der Waals surface area contributed by atoms with Gasteiger partial charge in [-0.15, -0.1) is 0 Å². The number of hydrogen-bond acceptors (Lipinski definition) is 3. The van der Waals surface area contributed by atoms with Gasteiger partial charge in [-0.05, 0) is 69.1 Å². The molecule has 25 heavy (non-hydrogen) atoms. The molecule has 0 aromatic heterocycles. The average molecular weight is 348 g/mol. The lowest BCUT2D eigenvalue weighted by atomic mass is 9.93. The topological polar surface area (TPSA) is 9.72 Å². The summed E-state index contributed by atoms with van der Waals surface area (Å²) in [4.78, 5) is 8.35. The van der Waals surface area contributed by atoms with E-state index < -0.39 is 0 Å². The van der Waals surface area contributed by atoms with Gasteiger partial charge in [-0.3, -0.25) is 9.80 Å². The van der Waals surface area contributed by atoms with Crippen molar-refractivity contribution in [1.29, 1.82) is 0 Å². The van der Waals surface area contributed by atoms with Crippen LogP contribution in [-0.2, 0) is 0 Å². The molecule has 4 fully saturated rings. The van der Waals surface area contributed by atoms with Crippen LogP contribution in [0.3, 0.4) is 0 Å². The van der Waals surface area contributed by atoms with Crippen molar-refractivity contribution in [3.63, 3.8) is 0 Å². The van der Waals surface area contributed by atoms with E-state index in [-0.39, 0.29) is 0 Å². The van der Waals surface area contributed by atoms with E-state index in [2.05, 4.69) is 42.4 Å². The minimum Gasteiger partial charge on any atom is -0.302 e. The Balaban J connectivity index is 1.23. The summed E-state index contributed by atoms with van der Waals surface area (Å²) >= 11 is 0. The van der Waals surface area contributed by atoms with Crippen LogP contribution in [0, 0.1) is 23.2 Å². The molecule has 4 aliphatic rings. The van der Waals surface area contributed by atoms with Crippen LogP contribution in [0.25, 0.3) is 0 Å². The molecular weight excluding hydrogens is 306 g/mol. The maximum atomic E-state index is 2.86. The van der Waals surface area contributed by atoms with Crippen LogP contribution in [0.2, 0.25) is 0 Å². The van der Waals surface area contributed by atoms with Gasteiger partial charge in [0.2, 0.25) is 0 Å². The average Bonchev–Trinajstić information content (AvgIpc) is 3.00. The zero-order chi connectivity index (χ0) is 17.6. The Labute approximate surface area is 156 Å². The maximum Gasteiger partial charge on any atom is 0.0113 e. The molecule has 3 atom stereocenters. The molecule has 3 nitrogen and oxygen atoms in total. The molecule has 0 spiro atoms.